The highest BCUT2D eigenvalue weighted by molar-refractivity contribution is 4.28. The largest absolute Gasteiger partial charge is 0.345 e. The lowest BCUT2D eigenvalue weighted by Crippen LogP contribution is -2.00. The van der Waals surface area contributed by atoms with E-state index in [-0.39, 0.29) is 13.0 Å². The summed E-state index contributed by atoms with van der Waals surface area (Å²) in [6.45, 7) is -3.57. The monoisotopic (exact) mass is 128 g/mol. The van der Waals surface area contributed by atoms with Crippen molar-refractivity contribution in [2.24, 2.45) is 0 Å². The van der Waals surface area contributed by atoms with Crippen molar-refractivity contribution in [3.05, 3.63) is 0 Å². The molecule has 0 aromatic heterocycles. The highest BCUT2D eigenvalue weighted by atomic mass is 19.3. The lowest BCUT2D eigenvalue weighted by Gasteiger charge is -1.96. The van der Waals surface area contributed by atoms with Crippen LogP contribution in [-0.4, -0.2) is 19.9 Å². The lowest BCUT2D eigenvalue weighted by atomic mass is 10.5. The maximum absolute atomic E-state index is 11.1. The van der Waals surface area contributed by atoms with Crippen LogP contribution < -0.4 is 0 Å². The molecule has 0 amide bonds. The van der Waals surface area contributed by atoms with Crippen LogP contribution in [0.25, 0.3) is 0 Å². The molecule has 0 saturated heterocycles. The van der Waals surface area contributed by atoms with Gasteiger partial charge in [0.05, 0.1) is 13.3 Å². The van der Waals surface area contributed by atoms with Crippen LogP contribution >= 0.6 is 0 Å². The van der Waals surface area contributed by atoms with E-state index in [2.05, 4.69) is 4.74 Å². The summed E-state index contributed by atoms with van der Waals surface area (Å²) in [5.74, 6) is 0. The highest BCUT2D eigenvalue weighted by Gasteiger charge is 1.98. The molecule has 0 aliphatic heterocycles. The van der Waals surface area contributed by atoms with Crippen LogP contribution in [-0.2, 0) is 4.74 Å². The van der Waals surface area contributed by atoms with Gasteiger partial charge in [-0.2, -0.15) is 8.78 Å². The van der Waals surface area contributed by atoms with Crippen molar-refractivity contribution in [1.82, 2.24) is 0 Å². The molecule has 50 valence electrons. The first-order valence-electron chi connectivity index (χ1n) is 2.23. The van der Waals surface area contributed by atoms with Gasteiger partial charge in [-0.25, -0.2) is 0 Å². The van der Waals surface area contributed by atoms with Crippen molar-refractivity contribution in [2.45, 2.75) is 13.0 Å². The van der Waals surface area contributed by atoms with Gasteiger partial charge in [-0.05, 0) is 6.42 Å². The van der Waals surface area contributed by atoms with Crippen LogP contribution in [0.4, 0.5) is 13.2 Å². The molecule has 0 aliphatic carbocycles. The Morgan fingerprint density at radius 1 is 1.38 bits per heavy atom. The predicted molar refractivity (Wildman–Crippen MR) is 22.5 cm³/mol. The number of ether oxygens (including phenoxy) is 1. The van der Waals surface area contributed by atoms with E-state index in [0.29, 0.717) is 0 Å². The summed E-state index contributed by atoms with van der Waals surface area (Å²) in [4.78, 5) is 0. The second-order valence-electron chi connectivity index (χ2n) is 1.17. The maximum Gasteiger partial charge on any atom is 0.345 e. The maximum atomic E-state index is 11.1. The smallest absolute Gasteiger partial charge is 0.323 e. The second-order valence-corrected chi connectivity index (χ2v) is 1.17. The minimum absolute atomic E-state index is 0.0460. The molecule has 0 spiro atoms. The molecule has 0 atom stereocenters. The van der Waals surface area contributed by atoms with Crippen LogP contribution in [0.3, 0.4) is 0 Å². The molecule has 8 heavy (non-hydrogen) atoms. The molecular weight excluding hydrogens is 121 g/mol. The van der Waals surface area contributed by atoms with Crippen molar-refractivity contribution in [3.63, 3.8) is 0 Å². The van der Waals surface area contributed by atoms with Crippen molar-refractivity contribution in [3.8, 4) is 0 Å². The van der Waals surface area contributed by atoms with Gasteiger partial charge in [0.2, 0.25) is 0 Å². The average Bonchev–Trinajstić information content (AvgIpc) is 1.66. The fourth-order valence-corrected chi connectivity index (χ4v) is 0.227. The van der Waals surface area contributed by atoms with Crippen molar-refractivity contribution in [2.75, 3.05) is 13.3 Å². The summed E-state index contributed by atoms with van der Waals surface area (Å²) >= 11 is 0. The Morgan fingerprint density at radius 2 is 2.00 bits per heavy atom. The van der Waals surface area contributed by atoms with Crippen LogP contribution in [0.1, 0.15) is 6.42 Å². The van der Waals surface area contributed by atoms with Gasteiger partial charge in [0, 0.05) is 0 Å². The van der Waals surface area contributed by atoms with Crippen LogP contribution in [0.2, 0.25) is 0 Å². The van der Waals surface area contributed by atoms with E-state index >= 15 is 0 Å². The summed E-state index contributed by atoms with van der Waals surface area (Å²) in [7, 11) is 0. The quantitative estimate of drug-likeness (QED) is 0.522. The highest BCUT2D eigenvalue weighted by Crippen LogP contribution is 1.94. The van der Waals surface area contributed by atoms with Crippen molar-refractivity contribution < 1.29 is 17.9 Å². The Labute approximate surface area is 45.4 Å². The minimum Gasteiger partial charge on any atom is -0.323 e. The molecule has 0 bridgehead atoms. The Bertz CT molecular complexity index is 48.5. The summed E-state index contributed by atoms with van der Waals surface area (Å²) < 4.78 is 36.9. The molecule has 0 heterocycles. The molecule has 4 heteroatoms. The van der Waals surface area contributed by atoms with E-state index in [4.69, 9.17) is 0 Å². The van der Waals surface area contributed by atoms with Gasteiger partial charge >= 0.3 is 6.61 Å². The van der Waals surface area contributed by atoms with Gasteiger partial charge in [0.15, 0.2) is 0 Å². The predicted octanol–water partition coefficient (Wildman–Crippen LogP) is 1.59. The molecule has 0 saturated carbocycles. The topological polar surface area (TPSA) is 9.23 Å². The molecule has 1 nitrogen and oxygen atoms in total. The van der Waals surface area contributed by atoms with E-state index in [1.165, 1.54) is 0 Å². The number of halogens is 3. The summed E-state index contributed by atoms with van der Waals surface area (Å²) in [6.07, 6.45) is 0.0460. The normalized spacial score (nSPS) is 10.5. The summed E-state index contributed by atoms with van der Waals surface area (Å²) in [5.41, 5.74) is 0. The molecule has 0 N–H and O–H groups in total. The van der Waals surface area contributed by atoms with Crippen LogP contribution in [0, 0.1) is 0 Å². The molecule has 0 radical (unpaired) electrons. The fraction of sp³-hybridized carbons (Fsp3) is 1.00. The number of alkyl halides is 3. The fourth-order valence-electron chi connectivity index (χ4n) is 0.227. The molecule has 0 fully saturated rings. The van der Waals surface area contributed by atoms with Gasteiger partial charge in [-0.15, -0.1) is 0 Å². The Morgan fingerprint density at radius 3 is 2.38 bits per heavy atom. The van der Waals surface area contributed by atoms with Crippen LogP contribution in [0.15, 0.2) is 0 Å². The van der Waals surface area contributed by atoms with E-state index in [9.17, 15) is 13.2 Å². The van der Waals surface area contributed by atoms with Gasteiger partial charge in [-0.3, -0.25) is 4.39 Å². The average molecular weight is 128 g/mol. The van der Waals surface area contributed by atoms with Gasteiger partial charge < -0.3 is 4.74 Å². The SMILES string of the molecule is FCCCOC(F)F. The van der Waals surface area contributed by atoms with Gasteiger partial charge in [0.25, 0.3) is 0 Å². The molecule has 0 unspecified atom stereocenters. The molecule has 0 aromatic rings. The van der Waals surface area contributed by atoms with E-state index in [1.807, 2.05) is 0 Å². The van der Waals surface area contributed by atoms with Crippen molar-refractivity contribution in [1.29, 1.82) is 0 Å². The third-order valence-electron chi connectivity index (χ3n) is 0.522. The first kappa shape index (κ1) is 7.75. The zero-order valence-electron chi connectivity index (χ0n) is 4.24. The number of hydrogen-bond donors (Lipinski definition) is 0. The second kappa shape index (κ2) is 4.90. The molecule has 0 rings (SSSR count). The zero-order chi connectivity index (χ0) is 6.41. The van der Waals surface area contributed by atoms with Gasteiger partial charge in [-0.1, -0.05) is 0 Å². The summed E-state index contributed by atoms with van der Waals surface area (Å²) in [5, 5.41) is 0. The number of hydrogen-bond acceptors (Lipinski definition) is 1. The number of rotatable bonds is 4. The molecular formula is C4H7F3O. The first-order valence-corrected chi connectivity index (χ1v) is 2.23. The van der Waals surface area contributed by atoms with Crippen molar-refractivity contribution >= 4 is 0 Å². The van der Waals surface area contributed by atoms with E-state index in [1.54, 1.807) is 0 Å². The molecule has 0 aliphatic rings. The Kier molecular flexibility index (Phi) is 4.75. The minimum atomic E-state index is -2.76. The third kappa shape index (κ3) is 5.75. The van der Waals surface area contributed by atoms with Gasteiger partial charge in [0.1, 0.15) is 0 Å². The molecule has 0 aromatic carbocycles. The zero-order valence-corrected chi connectivity index (χ0v) is 4.24. The Balaban J connectivity index is 2.72. The van der Waals surface area contributed by atoms with E-state index in [0.717, 1.165) is 0 Å². The van der Waals surface area contributed by atoms with Crippen LogP contribution in [0.5, 0.6) is 0 Å². The summed E-state index contributed by atoms with van der Waals surface area (Å²) in [6, 6.07) is 0. The van der Waals surface area contributed by atoms with E-state index < -0.39 is 13.3 Å². The first-order chi connectivity index (χ1) is 3.77. The standard InChI is InChI=1S/C4H7F3O/c5-2-1-3-8-4(6)7/h4H,1-3H2. The Hall–Kier alpha value is -0.250. The third-order valence-corrected chi connectivity index (χ3v) is 0.522. The lowest BCUT2D eigenvalue weighted by molar-refractivity contribution is -0.129.